The molecule has 4 N–H and O–H groups in total. The Bertz CT molecular complexity index is 1510. The van der Waals surface area contributed by atoms with E-state index in [1.807, 2.05) is 20.8 Å². The highest BCUT2D eigenvalue weighted by atomic mass is 32.2. The first-order valence-corrected chi connectivity index (χ1v) is 12.6. The Kier molecular flexibility index (Phi) is 6.35. The maximum Gasteiger partial charge on any atom is 0.238 e. The molecule has 0 bridgehead atoms. The van der Waals surface area contributed by atoms with Crippen LogP contribution in [0.5, 0.6) is 5.75 Å². The van der Waals surface area contributed by atoms with Crippen LogP contribution in [0.1, 0.15) is 38.3 Å². The van der Waals surface area contributed by atoms with Gasteiger partial charge < -0.3 is 5.11 Å². The van der Waals surface area contributed by atoms with Gasteiger partial charge in [-0.15, -0.1) is 15.0 Å². The Morgan fingerprint density at radius 1 is 1.03 bits per heavy atom. The number of hydrogen-bond acceptors (Lipinski definition) is 7. The van der Waals surface area contributed by atoms with Gasteiger partial charge in [0.1, 0.15) is 22.5 Å². The van der Waals surface area contributed by atoms with E-state index in [-0.39, 0.29) is 33.6 Å². The average Bonchev–Trinajstić information content (AvgIpc) is 3.28. The summed E-state index contributed by atoms with van der Waals surface area (Å²) < 4.78 is 26.1. The number of fused-ring (bicyclic) bond motifs is 1. The van der Waals surface area contributed by atoms with Gasteiger partial charge in [-0.1, -0.05) is 45.0 Å². The lowest BCUT2D eigenvalue weighted by Gasteiger charge is -2.26. The zero-order chi connectivity index (χ0) is 25.4. The van der Waals surface area contributed by atoms with Gasteiger partial charge in [-0.3, -0.25) is 10.2 Å². The van der Waals surface area contributed by atoms with E-state index in [0.29, 0.717) is 22.2 Å². The molecule has 10 heteroatoms. The van der Waals surface area contributed by atoms with Gasteiger partial charge in [-0.2, -0.15) is 0 Å². The maximum atomic E-state index is 13.0. The van der Waals surface area contributed by atoms with Crippen molar-refractivity contribution in [3.8, 4) is 11.4 Å². The SMILES string of the molecule is CCC(C)(C)c1cc(CC(=O)NN)cc(-n2nc3ccc(S(=O)(=O)c4ccccc4)cc3n2)c1O. The number of benzene rings is 3. The second-order valence-electron chi connectivity index (χ2n) is 8.95. The Labute approximate surface area is 203 Å². The summed E-state index contributed by atoms with van der Waals surface area (Å²) in [5, 5.41) is 20.1. The van der Waals surface area contributed by atoms with Crippen LogP contribution < -0.4 is 11.3 Å². The van der Waals surface area contributed by atoms with Gasteiger partial charge in [0.25, 0.3) is 0 Å². The summed E-state index contributed by atoms with van der Waals surface area (Å²) in [6.07, 6.45) is 0.749. The number of sulfone groups is 1. The Morgan fingerprint density at radius 3 is 2.37 bits per heavy atom. The standard InChI is InChI=1S/C25H27N5O4S/c1-4-25(2,3)19-12-16(14-23(31)27-26)13-22(24(19)32)30-28-20-11-10-18(15-21(20)29-30)35(33,34)17-8-6-5-7-9-17/h5-13,15,32H,4,14,26H2,1-3H3,(H,27,31). The minimum absolute atomic E-state index is 0.00815. The molecular formula is C25H27N5O4S. The van der Waals surface area contributed by atoms with Crippen molar-refractivity contribution in [1.82, 2.24) is 20.4 Å². The molecule has 4 aromatic rings. The number of nitrogens with two attached hydrogens (primary N) is 1. The molecule has 0 radical (unpaired) electrons. The van der Waals surface area contributed by atoms with Crippen LogP contribution >= 0.6 is 0 Å². The highest BCUT2D eigenvalue weighted by molar-refractivity contribution is 7.91. The monoisotopic (exact) mass is 493 g/mol. The molecule has 0 fully saturated rings. The third-order valence-corrected chi connectivity index (χ3v) is 7.99. The normalized spacial score (nSPS) is 12.1. The zero-order valence-corrected chi connectivity index (χ0v) is 20.5. The van der Waals surface area contributed by atoms with Crippen LogP contribution in [-0.4, -0.2) is 34.4 Å². The number of phenolic OH excluding ortho intramolecular Hbond substituents is 1. The van der Waals surface area contributed by atoms with Crippen molar-refractivity contribution < 1.29 is 18.3 Å². The van der Waals surface area contributed by atoms with E-state index in [1.54, 1.807) is 36.4 Å². The lowest BCUT2D eigenvalue weighted by atomic mass is 9.80. The summed E-state index contributed by atoms with van der Waals surface area (Å²) >= 11 is 0. The Hall–Kier alpha value is -3.76. The quantitative estimate of drug-likeness (QED) is 0.204. The molecule has 0 aliphatic rings. The molecule has 0 aliphatic heterocycles. The Balaban J connectivity index is 1.85. The first-order valence-electron chi connectivity index (χ1n) is 11.1. The molecule has 0 atom stereocenters. The lowest BCUT2D eigenvalue weighted by molar-refractivity contribution is -0.120. The average molecular weight is 494 g/mol. The summed E-state index contributed by atoms with van der Waals surface area (Å²) in [5.41, 5.74) is 4.09. The molecule has 1 heterocycles. The number of rotatable bonds is 7. The van der Waals surface area contributed by atoms with Crippen molar-refractivity contribution in [2.75, 3.05) is 0 Å². The number of nitrogens with zero attached hydrogens (tertiary/aromatic N) is 3. The minimum Gasteiger partial charge on any atom is -0.505 e. The molecule has 1 aromatic heterocycles. The molecule has 1 amide bonds. The van der Waals surface area contributed by atoms with Crippen LogP contribution in [0, 0.1) is 0 Å². The zero-order valence-electron chi connectivity index (χ0n) is 19.7. The van der Waals surface area contributed by atoms with E-state index in [0.717, 1.165) is 6.42 Å². The van der Waals surface area contributed by atoms with Crippen LogP contribution in [0.4, 0.5) is 0 Å². The molecule has 0 unspecified atom stereocenters. The van der Waals surface area contributed by atoms with E-state index < -0.39 is 15.3 Å². The largest absolute Gasteiger partial charge is 0.505 e. The molecule has 0 saturated carbocycles. The Morgan fingerprint density at radius 2 is 1.71 bits per heavy atom. The number of phenols is 1. The molecule has 9 nitrogen and oxygen atoms in total. The minimum atomic E-state index is -3.73. The number of hydrazine groups is 1. The number of carbonyl (C=O) groups excluding carboxylic acids is 1. The van der Waals surface area contributed by atoms with Crippen LogP contribution in [0.2, 0.25) is 0 Å². The van der Waals surface area contributed by atoms with Crippen molar-refractivity contribution in [2.45, 2.75) is 48.8 Å². The third kappa shape index (κ3) is 4.62. The molecule has 4 rings (SSSR count). The number of carbonyl (C=O) groups is 1. The molecule has 3 aromatic carbocycles. The van der Waals surface area contributed by atoms with E-state index in [2.05, 4.69) is 15.6 Å². The molecule has 0 saturated heterocycles. The van der Waals surface area contributed by atoms with Gasteiger partial charge in [0.15, 0.2) is 0 Å². The van der Waals surface area contributed by atoms with E-state index in [1.165, 1.54) is 29.1 Å². The highest BCUT2D eigenvalue weighted by Crippen LogP contribution is 2.38. The first-order chi connectivity index (χ1) is 16.6. The van der Waals surface area contributed by atoms with E-state index in [4.69, 9.17) is 5.84 Å². The predicted molar refractivity (Wildman–Crippen MR) is 132 cm³/mol. The van der Waals surface area contributed by atoms with Crippen LogP contribution in [0.3, 0.4) is 0 Å². The summed E-state index contributed by atoms with van der Waals surface area (Å²) in [4.78, 5) is 13.5. The van der Waals surface area contributed by atoms with Crippen molar-refractivity contribution in [3.05, 3.63) is 71.8 Å². The number of nitrogens with one attached hydrogen (secondary N) is 1. The number of amides is 1. The van der Waals surface area contributed by atoms with Gasteiger partial charge >= 0.3 is 0 Å². The fourth-order valence-electron chi connectivity index (χ4n) is 3.78. The molecule has 0 spiro atoms. The highest BCUT2D eigenvalue weighted by Gasteiger charge is 2.26. The van der Waals surface area contributed by atoms with Crippen LogP contribution in [0.15, 0.2) is 70.5 Å². The van der Waals surface area contributed by atoms with Gasteiger partial charge in [0, 0.05) is 5.56 Å². The smallest absolute Gasteiger partial charge is 0.238 e. The first kappa shape index (κ1) is 24.4. The number of hydrogen-bond donors (Lipinski definition) is 3. The second kappa shape index (κ2) is 9.12. The number of aromatic nitrogens is 3. The maximum absolute atomic E-state index is 13.0. The van der Waals surface area contributed by atoms with Crippen molar-refractivity contribution in [1.29, 1.82) is 0 Å². The van der Waals surface area contributed by atoms with Crippen molar-refractivity contribution in [2.24, 2.45) is 5.84 Å². The van der Waals surface area contributed by atoms with Crippen LogP contribution in [0.25, 0.3) is 16.7 Å². The van der Waals surface area contributed by atoms with Crippen molar-refractivity contribution >= 4 is 26.8 Å². The van der Waals surface area contributed by atoms with E-state index in [9.17, 15) is 18.3 Å². The predicted octanol–water partition coefficient (Wildman–Crippen LogP) is 3.18. The van der Waals surface area contributed by atoms with Gasteiger partial charge in [-0.25, -0.2) is 14.3 Å². The van der Waals surface area contributed by atoms with Gasteiger partial charge in [0.05, 0.1) is 16.2 Å². The fraction of sp³-hybridized carbons (Fsp3) is 0.240. The van der Waals surface area contributed by atoms with Crippen molar-refractivity contribution in [3.63, 3.8) is 0 Å². The topological polar surface area (TPSA) is 140 Å². The van der Waals surface area contributed by atoms with E-state index >= 15 is 0 Å². The summed E-state index contributed by atoms with van der Waals surface area (Å²) in [5.74, 6) is 4.88. The van der Waals surface area contributed by atoms with Gasteiger partial charge in [-0.05, 0) is 53.8 Å². The van der Waals surface area contributed by atoms with Crippen LogP contribution in [-0.2, 0) is 26.5 Å². The molecular weight excluding hydrogens is 466 g/mol. The summed E-state index contributed by atoms with van der Waals surface area (Å²) in [6.45, 7) is 5.99. The summed E-state index contributed by atoms with van der Waals surface area (Å²) in [6, 6.07) is 16.1. The number of aromatic hydroxyl groups is 1. The molecule has 0 aliphatic carbocycles. The summed E-state index contributed by atoms with van der Waals surface area (Å²) in [7, 11) is -3.73. The molecule has 35 heavy (non-hydrogen) atoms. The fourth-order valence-corrected chi connectivity index (χ4v) is 5.08. The third-order valence-electron chi connectivity index (χ3n) is 6.22. The second-order valence-corrected chi connectivity index (χ2v) is 10.9. The lowest BCUT2D eigenvalue weighted by Crippen LogP contribution is -2.31. The molecule has 182 valence electrons. The van der Waals surface area contributed by atoms with Gasteiger partial charge in [0.2, 0.25) is 15.7 Å².